The standard InChI is InChI=1S/C17H34O3/c1-10(2)15-16(11(3)4)20-14(9-18-12(5)6)17(15)19-13(7)8/h10-17H,9H2,1-8H3/t14-,15-,16+,17?/m1/s1. The van der Waals surface area contributed by atoms with Crippen molar-refractivity contribution in [3.63, 3.8) is 0 Å². The van der Waals surface area contributed by atoms with Gasteiger partial charge in [0.25, 0.3) is 0 Å². The molecule has 0 aliphatic carbocycles. The average molecular weight is 286 g/mol. The maximum atomic E-state index is 6.31. The second-order valence-corrected chi connectivity index (χ2v) is 7.24. The molecular formula is C17H34O3. The van der Waals surface area contributed by atoms with Crippen LogP contribution in [0.1, 0.15) is 55.4 Å². The van der Waals surface area contributed by atoms with E-state index in [1.165, 1.54) is 0 Å². The number of hydrogen-bond acceptors (Lipinski definition) is 3. The van der Waals surface area contributed by atoms with E-state index in [1.54, 1.807) is 0 Å². The Morgan fingerprint density at radius 2 is 1.45 bits per heavy atom. The van der Waals surface area contributed by atoms with Crippen molar-refractivity contribution in [2.45, 2.75) is 85.9 Å². The summed E-state index contributed by atoms with van der Waals surface area (Å²) >= 11 is 0. The normalized spacial score (nSPS) is 31.2. The quantitative estimate of drug-likeness (QED) is 0.710. The first-order valence-corrected chi connectivity index (χ1v) is 8.16. The third kappa shape index (κ3) is 4.71. The molecule has 0 N–H and O–H groups in total. The molecule has 0 aromatic heterocycles. The van der Waals surface area contributed by atoms with E-state index in [9.17, 15) is 0 Å². The summed E-state index contributed by atoms with van der Waals surface area (Å²) in [7, 11) is 0. The van der Waals surface area contributed by atoms with E-state index < -0.39 is 0 Å². The van der Waals surface area contributed by atoms with Gasteiger partial charge in [0.1, 0.15) is 6.10 Å². The van der Waals surface area contributed by atoms with Gasteiger partial charge in [-0.05, 0) is 39.5 Å². The van der Waals surface area contributed by atoms with Crippen molar-refractivity contribution < 1.29 is 14.2 Å². The Kier molecular flexibility index (Phi) is 6.96. The van der Waals surface area contributed by atoms with E-state index in [2.05, 4.69) is 55.4 Å². The van der Waals surface area contributed by atoms with Crippen molar-refractivity contribution >= 4 is 0 Å². The van der Waals surface area contributed by atoms with E-state index in [0.29, 0.717) is 24.4 Å². The molecule has 1 rings (SSSR count). The van der Waals surface area contributed by atoms with Gasteiger partial charge in [0.15, 0.2) is 0 Å². The summed E-state index contributed by atoms with van der Waals surface area (Å²) in [5, 5.41) is 0. The molecule has 3 heteroatoms. The highest BCUT2D eigenvalue weighted by atomic mass is 16.6. The molecule has 20 heavy (non-hydrogen) atoms. The molecule has 0 saturated carbocycles. The van der Waals surface area contributed by atoms with Crippen LogP contribution in [-0.2, 0) is 14.2 Å². The summed E-state index contributed by atoms with van der Waals surface area (Å²) in [4.78, 5) is 0. The lowest BCUT2D eigenvalue weighted by molar-refractivity contribution is -0.0930. The first kappa shape index (κ1) is 17.9. The molecule has 1 aliphatic rings. The minimum absolute atomic E-state index is 0.0552. The van der Waals surface area contributed by atoms with Crippen molar-refractivity contribution in [1.82, 2.24) is 0 Å². The largest absolute Gasteiger partial charge is 0.376 e. The Morgan fingerprint density at radius 1 is 0.850 bits per heavy atom. The summed E-state index contributed by atoms with van der Waals surface area (Å²) in [5.74, 6) is 1.50. The Morgan fingerprint density at radius 3 is 1.85 bits per heavy atom. The van der Waals surface area contributed by atoms with Crippen LogP contribution in [0.2, 0.25) is 0 Å². The van der Waals surface area contributed by atoms with Gasteiger partial charge >= 0.3 is 0 Å². The predicted octanol–water partition coefficient (Wildman–Crippen LogP) is 3.90. The van der Waals surface area contributed by atoms with Gasteiger partial charge in [-0.3, -0.25) is 0 Å². The molecular weight excluding hydrogens is 252 g/mol. The Bertz CT molecular complexity index is 273. The molecule has 0 spiro atoms. The lowest BCUT2D eigenvalue weighted by Gasteiger charge is -2.30. The summed E-state index contributed by atoms with van der Waals surface area (Å²) in [5.41, 5.74) is 0. The molecule has 0 aromatic carbocycles. The minimum atomic E-state index is 0.0552. The zero-order chi connectivity index (χ0) is 15.4. The summed E-state index contributed by atoms with van der Waals surface area (Å²) < 4.78 is 18.3. The highest BCUT2D eigenvalue weighted by molar-refractivity contribution is 4.94. The van der Waals surface area contributed by atoms with Gasteiger partial charge in [-0.15, -0.1) is 0 Å². The van der Waals surface area contributed by atoms with Crippen molar-refractivity contribution in [3.05, 3.63) is 0 Å². The molecule has 1 unspecified atom stereocenters. The first-order valence-electron chi connectivity index (χ1n) is 8.16. The number of ether oxygens (including phenoxy) is 3. The van der Waals surface area contributed by atoms with Crippen LogP contribution in [0.25, 0.3) is 0 Å². The van der Waals surface area contributed by atoms with E-state index in [-0.39, 0.29) is 30.5 Å². The van der Waals surface area contributed by atoms with Crippen LogP contribution in [0.3, 0.4) is 0 Å². The van der Waals surface area contributed by atoms with Crippen molar-refractivity contribution in [3.8, 4) is 0 Å². The lowest BCUT2D eigenvalue weighted by Crippen LogP contribution is -2.38. The zero-order valence-corrected chi connectivity index (χ0v) is 14.6. The van der Waals surface area contributed by atoms with Crippen LogP contribution < -0.4 is 0 Å². The van der Waals surface area contributed by atoms with Crippen LogP contribution in [0.5, 0.6) is 0 Å². The molecule has 1 saturated heterocycles. The maximum absolute atomic E-state index is 6.31. The molecule has 1 fully saturated rings. The fraction of sp³-hybridized carbons (Fsp3) is 1.00. The van der Waals surface area contributed by atoms with Gasteiger partial charge in [0.05, 0.1) is 31.0 Å². The van der Waals surface area contributed by atoms with E-state index in [4.69, 9.17) is 14.2 Å². The molecule has 1 heterocycles. The summed E-state index contributed by atoms with van der Waals surface area (Å²) in [6.45, 7) is 18.0. The third-order valence-electron chi connectivity index (χ3n) is 3.91. The molecule has 0 radical (unpaired) electrons. The predicted molar refractivity (Wildman–Crippen MR) is 82.9 cm³/mol. The lowest BCUT2D eigenvalue weighted by atomic mass is 9.81. The fourth-order valence-electron chi connectivity index (χ4n) is 3.08. The van der Waals surface area contributed by atoms with Gasteiger partial charge < -0.3 is 14.2 Å². The van der Waals surface area contributed by atoms with Crippen molar-refractivity contribution in [1.29, 1.82) is 0 Å². The van der Waals surface area contributed by atoms with E-state index in [1.807, 2.05) is 0 Å². The fourth-order valence-corrected chi connectivity index (χ4v) is 3.08. The highest BCUT2D eigenvalue weighted by Gasteiger charge is 2.47. The highest BCUT2D eigenvalue weighted by Crippen LogP contribution is 2.39. The molecule has 4 atom stereocenters. The Hall–Kier alpha value is -0.120. The molecule has 0 bridgehead atoms. The van der Waals surface area contributed by atoms with Crippen LogP contribution in [-0.4, -0.2) is 37.1 Å². The first-order chi connectivity index (χ1) is 9.23. The van der Waals surface area contributed by atoms with Gasteiger partial charge in [-0.25, -0.2) is 0 Å². The van der Waals surface area contributed by atoms with Crippen molar-refractivity contribution in [2.24, 2.45) is 17.8 Å². The molecule has 0 aromatic rings. The topological polar surface area (TPSA) is 27.7 Å². The maximum Gasteiger partial charge on any atom is 0.108 e. The summed E-state index contributed by atoms with van der Waals surface area (Å²) in [6.07, 6.45) is 0.909. The molecule has 1 aliphatic heterocycles. The molecule has 3 nitrogen and oxygen atoms in total. The number of hydrogen-bond donors (Lipinski definition) is 0. The SMILES string of the molecule is CC(C)OC[C@H]1O[C@@H](C(C)C)[C@@H](C(C)C)C1OC(C)C. The van der Waals surface area contributed by atoms with Crippen LogP contribution in [0.4, 0.5) is 0 Å². The monoisotopic (exact) mass is 286 g/mol. The van der Waals surface area contributed by atoms with Crippen LogP contribution >= 0.6 is 0 Å². The second-order valence-electron chi connectivity index (χ2n) is 7.24. The van der Waals surface area contributed by atoms with Gasteiger partial charge in [-0.1, -0.05) is 27.7 Å². The Labute approximate surface area is 125 Å². The van der Waals surface area contributed by atoms with E-state index >= 15 is 0 Å². The third-order valence-corrected chi connectivity index (χ3v) is 3.91. The van der Waals surface area contributed by atoms with Gasteiger partial charge in [0.2, 0.25) is 0 Å². The molecule has 120 valence electrons. The second kappa shape index (κ2) is 7.77. The van der Waals surface area contributed by atoms with E-state index in [0.717, 1.165) is 0 Å². The smallest absolute Gasteiger partial charge is 0.108 e. The Balaban J connectivity index is 2.85. The van der Waals surface area contributed by atoms with Crippen molar-refractivity contribution in [2.75, 3.05) is 6.61 Å². The number of rotatable bonds is 7. The minimum Gasteiger partial charge on any atom is -0.376 e. The molecule has 0 amide bonds. The van der Waals surface area contributed by atoms with Gasteiger partial charge in [-0.2, -0.15) is 0 Å². The zero-order valence-electron chi connectivity index (χ0n) is 14.6. The average Bonchev–Trinajstić information content (AvgIpc) is 2.64. The van der Waals surface area contributed by atoms with Gasteiger partial charge in [0, 0.05) is 5.92 Å². The summed E-state index contributed by atoms with van der Waals surface area (Å²) in [6, 6.07) is 0. The van der Waals surface area contributed by atoms with Crippen LogP contribution in [0, 0.1) is 17.8 Å². The van der Waals surface area contributed by atoms with Crippen LogP contribution in [0.15, 0.2) is 0 Å².